The number of hydrogen-bond acceptors (Lipinski definition) is 3. The van der Waals surface area contributed by atoms with Crippen molar-refractivity contribution >= 4 is 11.4 Å². The maximum Gasteiger partial charge on any atom is 0.416 e. The van der Waals surface area contributed by atoms with Gasteiger partial charge < -0.3 is 10.1 Å². The number of halogens is 3. The summed E-state index contributed by atoms with van der Waals surface area (Å²) in [4.78, 5) is 12.1. The highest BCUT2D eigenvalue weighted by Gasteiger charge is 2.36. The summed E-state index contributed by atoms with van der Waals surface area (Å²) in [5.74, 6) is -0.261. The summed E-state index contributed by atoms with van der Waals surface area (Å²) in [6.45, 7) is 3.47. The second-order valence-corrected chi connectivity index (χ2v) is 4.17. The zero-order valence-corrected chi connectivity index (χ0v) is 10.6. The molecule has 0 saturated carbocycles. The molecule has 1 atom stereocenters. The largest absolute Gasteiger partial charge is 0.463 e. The minimum Gasteiger partial charge on any atom is -0.463 e. The normalized spacial score (nSPS) is 19.0. The Morgan fingerprint density at radius 1 is 1.40 bits per heavy atom. The first-order valence-electron chi connectivity index (χ1n) is 5.81. The lowest BCUT2D eigenvalue weighted by atomic mass is 9.98. The molecular formula is C14H12F3NO2. The van der Waals surface area contributed by atoms with Crippen LogP contribution in [0, 0.1) is 0 Å². The molecule has 0 radical (unpaired) electrons. The van der Waals surface area contributed by atoms with Gasteiger partial charge in [0, 0.05) is 7.05 Å². The Morgan fingerprint density at radius 3 is 2.65 bits per heavy atom. The van der Waals surface area contributed by atoms with E-state index in [1.807, 2.05) is 0 Å². The number of hydrogen-bond donors (Lipinski definition) is 1. The molecule has 2 rings (SSSR count). The molecule has 1 unspecified atom stereocenters. The summed E-state index contributed by atoms with van der Waals surface area (Å²) in [6, 6.07) is 4.58. The number of alkyl halides is 3. The molecule has 0 aromatic heterocycles. The molecule has 0 aliphatic carbocycles. The Labute approximate surface area is 113 Å². The van der Waals surface area contributed by atoms with E-state index in [2.05, 4.69) is 11.9 Å². The summed E-state index contributed by atoms with van der Waals surface area (Å²) in [5.41, 5.74) is -0.546. The van der Waals surface area contributed by atoms with E-state index >= 15 is 0 Å². The molecule has 20 heavy (non-hydrogen) atoms. The first-order valence-corrected chi connectivity index (χ1v) is 5.81. The van der Waals surface area contributed by atoms with E-state index in [1.54, 1.807) is 0 Å². The predicted octanol–water partition coefficient (Wildman–Crippen LogP) is 2.75. The molecule has 0 amide bonds. The molecule has 3 nitrogen and oxygen atoms in total. The number of ether oxygens (including phenoxy) is 1. The maximum atomic E-state index is 12.7. The van der Waals surface area contributed by atoms with E-state index in [4.69, 9.17) is 4.74 Å². The number of rotatable bonds is 3. The van der Waals surface area contributed by atoms with Crippen molar-refractivity contribution in [1.82, 2.24) is 5.32 Å². The molecule has 1 heterocycles. The highest BCUT2D eigenvalue weighted by Crippen LogP contribution is 2.34. The molecule has 0 spiro atoms. The zero-order chi connectivity index (χ0) is 14.9. The Hall–Kier alpha value is -2.24. The molecule has 1 aliphatic heterocycles. The molecule has 6 heteroatoms. The standard InChI is InChI=1S/C14H12F3NO2/c1-3-10-12(19)11(13(18-2)20-10)8-5-4-6-9(7-8)14(15,16)17/h3-7,10,18H,1H2,2H3. The first kappa shape index (κ1) is 14.2. The molecule has 0 saturated heterocycles. The summed E-state index contributed by atoms with van der Waals surface area (Å²) >= 11 is 0. The van der Waals surface area contributed by atoms with Crippen LogP contribution in [-0.4, -0.2) is 18.9 Å². The lowest BCUT2D eigenvalue weighted by Gasteiger charge is -2.09. The molecule has 0 bridgehead atoms. The van der Waals surface area contributed by atoms with Crippen LogP contribution in [0.2, 0.25) is 0 Å². The van der Waals surface area contributed by atoms with Crippen LogP contribution in [0.4, 0.5) is 13.2 Å². The van der Waals surface area contributed by atoms with Crippen molar-refractivity contribution in [2.75, 3.05) is 7.05 Å². The number of nitrogens with one attached hydrogen (secondary N) is 1. The minimum atomic E-state index is -4.46. The van der Waals surface area contributed by atoms with E-state index < -0.39 is 23.6 Å². The number of carbonyl (C=O) groups is 1. The van der Waals surface area contributed by atoms with Crippen molar-refractivity contribution in [1.29, 1.82) is 0 Å². The van der Waals surface area contributed by atoms with Gasteiger partial charge in [-0.1, -0.05) is 18.7 Å². The SMILES string of the molecule is C=CC1OC(NC)=C(c2cccc(C(F)(F)F)c2)C1=O. The van der Waals surface area contributed by atoms with Gasteiger partial charge >= 0.3 is 6.18 Å². The van der Waals surface area contributed by atoms with Gasteiger partial charge in [-0.15, -0.1) is 0 Å². The molecule has 106 valence electrons. The molecule has 1 aromatic rings. The fourth-order valence-corrected chi connectivity index (χ4v) is 1.96. The zero-order valence-electron chi connectivity index (χ0n) is 10.6. The fourth-order valence-electron chi connectivity index (χ4n) is 1.96. The predicted molar refractivity (Wildman–Crippen MR) is 67.5 cm³/mol. The van der Waals surface area contributed by atoms with E-state index in [1.165, 1.54) is 25.3 Å². The van der Waals surface area contributed by atoms with E-state index in [-0.39, 0.29) is 17.0 Å². The fraction of sp³-hybridized carbons (Fsp3) is 0.214. The Kier molecular flexibility index (Phi) is 3.57. The van der Waals surface area contributed by atoms with Crippen molar-refractivity contribution in [3.63, 3.8) is 0 Å². The van der Waals surface area contributed by atoms with Gasteiger partial charge in [0.1, 0.15) is 0 Å². The second-order valence-electron chi connectivity index (χ2n) is 4.17. The van der Waals surface area contributed by atoms with Gasteiger partial charge in [0.05, 0.1) is 11.1 Å². The third kappa shape index (κ3) is 2.41. The number of benzene rings is 1. The topological polar surface area (TPSA) is 38.3 Å². The summed E-state index contributed by atoms with van der Waals surface area (Å²) in [6.07, 6.45) is -4.03. The third-order valence-corrected chi connectivity index (χ3v) is 2.90. The Morgan fingerprint density at radius 2 is 2.10 bits per heavy atom. The molecule has 1 N–H and O–H groups in total. The average Bonchev–Trinajstić information content (AvgIpc) is 2.74. The molecular weight excluding hydrogens is 271 g/mol. The van der Waals surface area contributed by atoms with Crippen molar-refractivity contribution in [3.05, 3.63) is 53.9 Å². The summed E-state index contributed by atoms with van der Waals surface area (Å²) in [5, 5.41) is 2.67. The smallest absolute Gasteiger partial charge is 0.416 e. The minimum absolute atomic E-state index is 0.100. The van der Waals surface area contributed by atoms with E-state index in [0.717, 1.165) is 12.1 Å². The van der Waals surface area contributed by atoms with E-state index in [9.17, 15) is 18.0 Å². The van der Waals surface area contributed by atoms with Crippen LogP contribution in [0.25, 0.3) is 5.57 Å². The lowest BCUT2D eigenvalue weighted by molar-refractivity contribution is -0.137. The Bertz CT molecular complexity index is 590. The van der Waals surface area contributed by atoms with Gasteiger partial charge in [-0.25, -0.2) is 0 Å². The van der Waals surface area contributed by atoms with Crippen LogP contribution in [0.15, 0.2) is 42.8 Å². The Balaban J connectivity index is 2.50. The highest BCUT2D eigenvalue weighted by molar-refractivity contribution is 6.25. The van der Waals surface area contributed by atoms with Crippen molar-refractivity contribution in [2.24, 2.45) is 0 Å². The number of Topliss-reactive ketones (excluding diaryl/α,β-unsaturated/α-hetero) is 1. The van der Waals surface area contributed by atoms with E-state index in [0.29, 0.717) is 0 Å². The number of carbonyl (C=O) groups excluding carboxylic acids is 1. The van der Waals surface area contributed by atoms with Gasteiger partial charge in [0.25, 0.3) is 0 Å². The van der Waals surface area contributed by atoms with Gasteiger partial charge in [-0.3, -0.25) is 4.79 Å². The van der Waals surface area contributed by atoms with Crippen LogP contribution in [0.3, 0.4) is 0 Å². The monoisotopic (exact) mass is 283 g/mol. The molecule has 0 fully saturated rings. The maximum absolute atomic E-state index is 12.7. The summed E-state index contributed by atoms with van der Waals surface area (Å²) in [7, 11) is 1.53. The van der Waals surface area contributed by atoms with Gasteiger partial charge in [-0.2, -0.15) is 13.2 Å². The second kappa shape index (κ2) is 5.03. The van der Waals surface area contributed by atoms with Crippen molar-refractivity contribution < 1.29 is 22.7 Å². The molecule has 1 aromatic carbocycles. The van der Waals surface area contributed by atoms with Gasteiger partial charge in [0.15, 0.2) is 12.0 Å². The van der Waals surface area contributed by atoms with Crippen LogP contribution in [0.1, 0.15) is 11.1 Å². The lowest BCUT2D eigenvalue weighted by Crippen LogP contribution is -2.15. The van der Waals surface area contributed by atoms with Crippen LogP contribution >= 0.6 is 0 Å². The summed E-state index contributed by atoms with van der Waals surface area (Å²) < 4.78 is 43.4. The van der Waals surface area contributed by atoms with Crippen LogP contribution in [-0.2, 0) is 15.7 Å². The molecule has 1 aliphatic rings. The number of ketones is 1. The van der Waals surface area contributed by atoms with Gasteiger partial charge in [0.2, 0.25) is 5.78 Å². The van der Waals surface area contributed by atoms with Crippen LogP contribution < -0.4 is 5.32 Å². The van der Waals surface area contributed by atoms with Gasteiger partial charge in [-0.05, 0) is 23.8 Å². The van der Waals surface area contributed by atoms with Crippen molar-refractivity contribution in [2.45, 2.75) is 12.3 Å². The third-order valence-electron chi connectivity index (χ3n) is 2.90. The quantitative estimate of drug-likeness (QED) is 0.867. The average molecular weight is 283 g/mol. The first-order chi connectivity index (χ1) is 9.38. The highest BCUT2D eigenvalue weighted by atomic mass is 19.4. The van der Waals surface area contributed by atoms with Crippen LogP contribution in [0.5, 0.6) is 0 Å². The van der Waals surface area contributed by atoms with Crippen molar-refractivity contribution in [3.8, 4) is 0 Å².